The van der Waals surface area contributed by atoms with Crippen molar-refractivity contribution in [1.29, 1.82) is 0 Å². The van der Waals surface area contributed by atoms with Gasteiger partial charge in [-0.3, -0.25) is 14.6 Å². The molecule has 3 rings (SSSR count). The maximum Gasteiger partial charge on any atom is 0.303 e. The standard InChI is InChI=1S/C24H23N3O4/c1-16-4-6-19(7-5-16)24(30)26-21-10-8-18(9-11-21)23(27-31)20(14-22(28)29)13-17-3-2-12-25-15-17/h2-12,15,20,23H,13-14H2,1H3,(H,26,30)(H,28,29). The van der Waals surface area contributed by atoms with E-state index in [0.29, 0.717) is 23.2 Å². The maximum atomic E-state index is 12.4. The number of aryl methyl sites for hydroxylation is 1. The zero-order chi connectivity index (χ0) is 22.2. The van der Waals surface area contributed by atoms with Gasteiger partial charge in [-0.05, 0) is 54.8 Å². The predicted octanol–water partition coefficient (Wildman–Crippen LogP) is 4.78. The summed E-state index contributed by atoms with van der Waals surface area (Å²) in [5.74, 6) is -1.75. The molecular weight excluding hydrogens is 394 g/mol. The Balaban J connectivity index is 1.75. The lowest BCUT2D eigenvalue weighted by Gasteiger charge is -2.21. The number of anilines is 1. The van der Waals surface area contributed by atoms with E-state index in [1.807, 2.05) is 25.1 Å². The molecule has 158 valence electrons. The minimum Gasteiger partial charge on any atom is -0.481 e. The van der Waals surface area contributed by atoms with Crippen LogP contribution < -0.4 is 5.32 Å². The fraction of sp³-hybridized carbons (Fsp3) is 0.208. The van der Waals surface area contributed by atoms with Gasteiger partial charge in [-0.2, -0.15) is 4.91 Å². The van der Waals surface area contributed by atoms with Crippen molar-refractivity contribution in [2.75, 3.05) is 5.32 Å². The number of hydrogen-bond acceptors (Lipinski definition) is 5. The number of nitroso groups, excluding NO2 is 1. The molecule has 3 aromatic rings. The van der Waals surface area contributed by atoms with Crippen LogP contribution in [0.3, 0.4) is 0 Å². The van der Waals surface area contributed by atoms with Crippen LogP contribution in [0, 0.1) is 17.7 Å². The lowest BCUT2D eigenvalue weighted by atomic mass is 9.86. The van der Waals surface area contributed by atoms with Crippen molar-refractivity contribution in [2.45, 2.75) is 25.8 Å². The number of carbonyl (C=O) groups is 2. The molecule has 0 aliphatic rings. The van der Waals surface area contributed by atoms with Gasteiger partial charge in [-0.15, -0.1) is 0 Å². The Morgan fingerprint density at radius 2 is 1.77 bits per heavy atom. The van der Waals surface area contributed by atoms with Crippen molar-refractivity contribution in [3.05, 3.63) is 100 Å². The van der Waals surface area contributed by atoms with Gasteiger partial charge in [0.15, 0.2) is 0 Å². The van der Waals surface area contributed by atoms with Gasteiger partial charge in [0.05, 0.1) is 6.42 Å². The molecule has 1 aromatic heterocycles. The number of amides is 1. The molecule has 2 N–H and O–H groups in total. The number of carboxylic acids is 1. The van der Waals surface area contributed by atoms with Crippen LogP contribution in [0.4, 0.5) is 5.69 Å². The van der Waals surface area contributed by atoms with E-state index in [-0.39, 0.29) is 12.3 Å². The van der Waals surface area contributed by atoms with Crippen LogP contribution in [0.1, 0.15) is 39.5 Å². The largest absolute Gasteiger partial charge is 0.481 e. The second-order valence-corrected chi connectivity index (χ2v) is 7.42. The SMILES string of the molecule is Cc1ccc(C(=O)Nc2ccc(C(N=O)C(CC(=O)O)Cc3cccnc3)cc2)cc1. The van der Waals surface area contributed by atoms with E-state index in [2.05, 4.69) is 15.5 Å². The van der Waals surface area contributed by atoms with E-state index < -0.39 is 17.9 Å². The van der Waals surface area contributed by atoms with Crippen molar-refractivity contribution in [2.24, 2.45) is 11.1 Å². The highest BCUT2D eigenvalue weighted by atomic mass is 16.4. The molecule has 0 aliphatic heterocycles. The van der Waals surface area contributed by atoms with Gasteiger partial charge < -0.3 is 10.4 Å². The molecule has 0 saturated carbocycles. The third-order valence-electron chi connectivity index (χ3n) is 5.04. The van der Waals surface area contributed by atoms with E-state index >= 15 is 0 Å². The van der Waals surface area contributed by atoms with E-state index in [1.165, 1.54) is 0 Å². The number of rotatable bonds is 9. The molecule has 2 aromatic carbocycles. The van der Waals surface area contributed by atoms with Gasteiger partial charge in [-0.25, -0.2) is 0 Å². The molecule has 0 saturated heterocycles. The fourth-order valence-electron chi connectivity index (χ4n) is 3.43. The molecule has 7 nitrogen and oxygen atoms in total. The number of benzene rings is 2. The van der Waals surface area contributed by atoms with Crippen molar-refractivity contribution >= 4 is 17.6 Å². The maximum absolute atomic E-state index is 12.4. The van der Waals surface area contributed by atoms with E-state index in [4.69, 9.17) is 0 Å². The number of aliphatic carboxylic acids is 1. The lowest BCUT2D eigenvalue weighted by molar-refractivity contribution is -0.138. The summed E-state index contributed by atoms with van der Waals surface area (Å²) in [4.78, 5) is 39.5. The first-order valence-corrected chi connectivity index (χ1v) is 9.87. The molecule has 1 heterocycles. The molecule has 1 amide bonds. The molecular formula is C24H23N3O4. The molecule has 31 heavy (non-hydrogen) atoms. The topological polar surface area (TPSA) is 109 Å². The Bertz CT molecular complexity index is 1030. The summed E-state index contributed by atoms with van der Waals surface area (Å²) >= 11 is 0. The zero-order valence-electron chi connectivity index (χ0n) is 17.1. The molecule has 0 radical (unpaired) electrons. The van der Waals surface area contributed by atoms with Gasteiger partial charge in [0.25, 0.3) is 5.91 Å². The van der Waals surface area contributed by atoms with Crippen LogP contribution in [0.15, 0.2) is 78.2 Å². The van der Waals surface area contributed by atoms with Crippen molar-refractivity contribution in [1.82, 2.24) is 4.98 Å². The Hall–Kier alpha value is -3.87. The summed E-state index contributed by atoms with van der Waals surface area (Å²) in [6.07, 6.45) is 3.45. The van der Waals surface area contributed by atoms with Gasteiger partial charge in [0.2, 0.25) is 0 Å². The van der Waals surface area contributed by atoms with Gasteiger partial charge in [0.1, 0.15) is 6.04 Å². The molecule has 2 atom stereocenters. The summed E-state index contributed by atoms with van der Waals surface area (Å²) in [7, 11) is 0. The second kappa shape index (κ2) is 10.2. The summed E-state index contributed by atoms with van der Waals surface area (Å²) in [5, 5.41) is 15.4. The number of hydrogen-bond donors (Lipinski definition) is 2. The van der Waals surface area contributed by atoms with Crippen LogP contribution in [-0.4, -0.2) is 22.0 Å². The van der Waals surface area contributed by atoms with Crippen molar-refractivity contribution < 1.29 is 14.7 Å². The number of carboxylic acid groups (broad SMARTS) is 1. The van der Waals surface area contributed by atoms with Gasteiger partial charge in [0, 0.05) is 29.6 Å². The van der Waals surface area contributed by atoms with Crippen LogP contribution in [-0.2, 0) is 11.2 Å². The van der Waals surface area contributed by atoms with Crippen LogP contribution in [0.25, 0.3) is 0 Å². The van der Waals surface area contributed by atoms with Crippen LogP contribution in [0.2, 0.25) is 0 Å². The predicted molar refractivity (Wildman–Crippen MR) is 118 cm³/mol. The molecule has 2 unspecified atom stereocenters. The highest BCUT2D eigenvalue weighted by Crippen LogP contribution is 2.32. The van der Waals surface area contributed by atoms with Crippen molar-refractivity contribution in [3.8, 4) is 0 Å². The van der Waals surface area contributed by atoms with Crippen LogP contribution >= 0.6 is 0 Å². The fourth-order valence-corrected chi connectivity index (χ4v) is 3.43. The van der Waals surface area contributed by atoms with Crippen molar-refractivity contribution in [3.63, 3.8) is 0 Å². The third-order valence-corrected chi connectivity index (χ3v) is 5.04. The average Bonchev–Trinajstić information content (AvgIpc) is 2.76. The number of pyridine rings is 1. The normalized spacial score (nSPS) is 12.5. The number of carbonyl (C=O) groups excluding carboxylic acids is 1. The quantitative estimate of drug-likeness (QED) is 0.487. The van der Waals surface area contributed by atoms with Crippen LogP contribution in [0.5, 0.6) is 0 Å². The Morgan fingerprint density at radius 1 is 1.06 bits per heavy atom. The highest BCUT2D eigenvalue weighted by Gasteiger charge is 2.27. The first-order valence-electron chi connectivity index (χ1n) is 9.87. The average molecular weight is 417 g/mol. The third kappa shape index (κ3) is 6.05. The minimum atomic E-state index is -0.996. The highest BCUT2D eigenvalue weighted by molar-refractivity contribution is 6.04. The van der Waals surface area contributed by atoms with Gasteiger partial charge in [-0.1, -0.05) is 41.1 Å². The summed E-state index contributed by atoms with van der Waals surface area (Å²) in [6.45, 7) is 1.95. The first-order chi connectivity index (χ1) is 15.0. The van der Waals surface area contributed by atoms with E-state index in [0.717, 1.165) is 11.1 Å². The second-order valence-electron chi connectivity index (χ2n) is 7.42. The summed E-state index contributed by atoms with van der Waals surface area (Å²) < 4.78 is 0. The number of nitrogens with zero attached hydrogens (tertiary/aromatic N) is 2. The summed E-state index contributed by atoms with van der Waals surface area (Å²) in [6, 6.07) is 16.7. The smallest absolute Gasteiger partial charge is 0.303 e. The molecule has 0 fully saturated rings. The number of nitrogens with one attached hydrogen (secondary N) is 1. The molecule has 7 heteroatoms. The Morgan fingerprint density at radius 3 is 2.35 bits per heavy atom. The van der Waals surface area contributed by atoms with E-state index in [1.54, 1.807) is 54.9 Å². The van der Waals surface area contributed by atoms with E-state index in [9.17, 15) is 19.6 Å². The molecule has 0 bridgehead atoms. The number of aromatic nitrogens is 1. The lowest BCUT2D eigenvalue weighted by Crippen LogP contribution is -2.18. The monoisotopic (exact) mass is 417 g/mol. The zero-order valence-corrected chi connectivity index (χ0v) is 17.1. The Labute approximate surface area is 180 Å². The first kappa shape index (κ1) is 21.8. The molecule has 0 spiro atoms. The molecule has 0 aliphatic carbocycles. The Kier molecular flexibility index (Phi) is 7.22. The minimum absolute atomic E-state index is 0.197. The van der Waals surface area contributed by atoms with Gasteiger partial charge >= 0.3 is 5.97 Å². The summed E-state index contributed by atoms with van der Waals surface area (Å²) in [5.41, 5.74) is 3.61.